The third-order valence-corrected chi connectivity index (χ3v) is 2.23. The number of hydrogen-bond acceptors (Lipinski definition) is 3. The molecule has 2 N–H and O–H groups in total. The van der Waals surface area contributed by atoms with Gasteiger partial charge in [0.05, 0.1) is 6.20 Å². The summed E-state index contributed by atoms with van der Waals surface area (Å²) in [6, 6.07) is 0.0590. The summed E-state index contributed by atoms with van der Waals surface area (Å²) in [7, 11) is 5.97. The molecule has 0 amide bonds. The Morgan fingerprint density at radius 2 is 2.23 bits per heavy atom. The van der Waals surface area contributed by atoms with E-state index in [0.717, 1.165) is 17.8 Å². The molecule has 1 unspecified atom stereocenters. The topological polar surface area (TPSA) is 47.1 Å². The SMILES string of the molecule is Cc1c(C(N)CN(C)C)cnn1C. The van der Waals surface area contributed by atoms with Gasteiger partial charge in [0, 0.05) is 30.9 Å². The largest absolute Gasteiger partial charge is 0.323 e. The zero-order valence-corrected chi connectivity index (χ0v) is 8.78. The summed E-state index contributed by atoms with van der Waals surface area (Å²) in [4.78, 5) is 2.08. The Labute approximate surface area is 79.3 Å². The van der Waals surface area contributed by atoms with Gasteiger partial charge in [-0.25, -0.2) is 0 Å². The van der Waals surface area contributed by atoms with Crippen molar-refractivity contribution in [3.63, 3.8) is 0 Å². The second-order valence-electron chi connectivity index (χ2n) is 3.68. The first-order chi connectivity index (χ1) is 6.02. The minimum absolute atomic E-state index is 0.0590. The van der Waals surface area contributed by atoms with E-state index in [1.807, 2.05) is 38.9 Å². The maximum Gasteiger partial charge on any atom is 0.0540 e. The van der Waals surface area contributed by atoms with Crippen molar-refractivity contribution < 1.29 is 0 Å². The maximum atomic E-state index is 6.02. The van der Waals surface area contributed by atoms with Gasteiger partial charge in [-0.3, -0.25) is 4.68 Å². The average molecular weight is 182 g/mol. The van der Waals surface area contributed by atoms with Gasteiger partial charge >= 0.3 is 0 Å². The molecule has 74 valence electrons. The van der Waals surface area contributed by atoms with E-state index in [0.29, 0.717) is 0 Å². The Morgan fingerprint density at radius 1 is 1.62 bits per heavy atom. The second-order valence-corrected chi connectivity index (χ2v) is 3.68. The van der Waals surface area contributed by atoms with E-state index in [1.165, 1.54) is 0 Å². The number of likely N-dealkylation sites (N-methyl/N-ethyl adjacent to an activating group) is 1. The van der Waals surface area contributed by atoms with Gasteiger partial charge in [-0.2, -0.15) is 5.10 Å². The van der Waals surface area contributed by atoms with Crippen LogP contribution < -0.4 is 5.73 Å². The Bertz CT molecular complexity index is 277. The number of hydrogen-bond donors (Lipinski definition) is 1. The number of aryl methyl sites for hydroxylation is 1. The van der Waals surface area contributed by atoms with Crippen LogP contribution in [-0.4, -0.2) is 35.3 Å². The first-order valence-corrected chi connectivity index (χ1v) is 4.41. The number of aromatic nitrogens is 2. The summed E-state index contributed by atoms with van der Waals surface area (Å²) in [5.74, 6) is 0. The highest BCUT2D eigenvalue weighted by molar-refractivity contribution is 5.20. The summed E-state index contributed by atoms with van der Waals surface area (Å²) in [5.41, 5.74) is 8.30. The van der Waals surface area contributed by atoms with Crippen LogP contribution in [0.2, 0.25) is 0 Å². The molecular formula is C9H18N4. The van der Waals surface area contributed by atoms with Gasteiger partial charge in [-0.15, -0.1) is 0 Å². The first kappa shape index (κ1) is 10.2. The molecule has 0 spiro atoms. The van der Waals surface area contributed by atoms with Crippen LogP contribution in [-0.2, 0) is 7.05 Å². The summed E-state index contributed by atoms with van der Waals surface area (Å²) in [6.45, 7) is 2.89. The lowest BCUT2D eigenvalue weighted by Gasteiger charge is -2.16. The second kappa shape index (κ2) is 3.89. The molecule has 4 nitrogen and oxygen atoms in total. The molecule has 13 heavy (non-hydrogen) atoms. The molecule has 0 saturated heterocycles. The van der Waals surface area contributed by atoms with Gasteiger partial charge in [0.25, 0.3) is 0 Å². The van der Waals surface area contributed by atoms with Crippen molar-refractivity contribution >= 4 is 0 Å². The molecule has 0 aliphatic rings. The zero-order chi connectivity index (χ0) is 10.0. The zero-order valence-electron chi connectivity index (χ0n) is 8.78. The third kappa shape index (κ3) is 2.29. The van der Waals surface area contributed by atoms with Gasteiger partial charge in [-0.1, -0.05) is 0 Å². The molecule has 0 saturated carbocycles. The van der Waals surface area contributed by atoms with Crippen molar-refractivity contribution in [2.24, 2.45) is 12.8 Å². The fraction of sp³-hybridized carbons (Fsp3) is 0.667. The van der Waals surface area contributed by atoms with Gasteiger partial charge in [0.15, 0.2) is 0 Å². The lowest BCUT2D eigenvalue weighted by atomic mass is 10.1. The van der Waals surface area contributed by atoms with E-state index in [9.17, 15) is 0 Å². The molecule has 0 aliphatic carbocycles. The quantitative estimate of drug-likeness (QED) is 0.731. The normalized spacial score (nSPS) is 13.7. The summed E-state index contributed by atoms with van der Waals surface area (Å²) in [5, 5.41) is 4.16. The molecular weight excluding hydrogens is 164 g/mol. The lowest BCUT2D eigenvalue weighted by molar-refractivity contribution is 0.376. The van der Waals surface area contributed by atoms with Crippen LogP contribution in [0.25, 0.3) is 0 Å². The van der Waals surface area contributed by atoms with Crippen LogP contribution in [0, 0.1) is 6.92 Å². The van der Waals surface area contributed by atoms with Crippen LogP contribution in [0.1, 0.15) is 17.3 Å². The number of nitrogens with two attached hydrogens (primary N) is 1. The van der Waals surface area contributed by atoms with E-state index in [1.54, 1.807) is 0 Å². The fourth-order valence-corrected chi connectivity index (χ4v) is 1.37. The standard InChI is InChI=1S/C9H18N4/c1-7-8(5-11-13(7)4)9(10)6-12(2)3/h5,9H,6,10H2,1-4H3. The van der Waals surface area contributed by atoms with Crippen molar-refractivity contribution in [3.8, 4) is 0 Å². The maximum absolute atomic E-state index is 6.02. The van der Waals surface area contributed by atoms with E-state index < -0.39 is 0 Å². The van der Waals surface area contributed by atoms with Crippen molar-refractivity contribution in [3.05, 3.63) is 17.5 Å². The Balaban J connectivity index is 2.76. The Morgan fingerprint density at radius 3 is 2.62 bits per heavy atom. The van der Waals surface area contributed by atoms with Crippen molar-refractivity contribution in [2.75, 3.05) is 20.6 Å². The minimum Gasteiger partial charge on any atom is -0.323 e. The van der Waals surface area contributed by atoms with Gasteiger partial charge < -0.3 is 10.6 Å². The van der Waals surface area contributed by atoms with Gasteiger partial charge in [-0.05, 0) is 21.0 Å². The summed E-state index contributed by atoms with van der Waals surface area (Å²) >= 11 is 0. The molecule has 1 heterocycles. The number of rotatable bonds is 3. The van der Waals surface area contributed by atoms with Gasteiger partial charge in [0.2, 0.25) is 0 Å². The molecule has 0 radical (unpaired) electrons. The highest BCUT2D eigenvalue weighted by Crippen LogP contribution is 2.14. The van der Waals surface area contributed by atoms with Crippen LogP contribution in [0.15, 0.2) is 6.20 Å². The van der Waals surface area contributed by atoms with E-state index in [4.69, 9.17) is 5.73 Å². The summed E-state index contributed by atoms with van der Waals surface area (Å²) < 4.78 is 1.85. The van der Waals surface area contributed by atoms with Crippen molar-refractivity contribution in [2.45, 2.75) is 13.0 Å². The van der Waals surface area contributed by atoms with Crippen LogP contribution >= 0.6 is 0 Å². The van der Waals surface area contributed by atoms with Crippen LogP contribution in [0.4, 0.5) is 0 Å². The first-order valence-electron chi connectivity index (χ1n) is 4.41. The molecule has 1 aromatic rings. The molecule has 0 fully saturated rings. The van der Waals surface area contributed by atoms with Crippen molar-refractivity contribution in [1.82, 2.24) is 14.7 Å². The molecule has 1 rings (SSSR count). The molecule has 1 aromatic heterocycles. The number of nitrogens with zero attached hydrogens (tertiary/aromatic N) is 3. The third-order valence-electron chi connectivity index (χ3n) is 2.23. The Hall–Kier alpha value is -0.870. The fourth-order valence-electron chi connectivity index (χ4n) is 1.37. The molecule has 0 bridgehead atoms. The molecule has 1 atom stereocenters. The van der Waals surface area contributed by atoms with E-state index in [-0.39, 0.29) is 6.04 Å². The van der Waals surface area contributed by atoms with E-state index in [2.05, 4.69) is 10.00 Å². The van der Waals surface area contributed by atoms with Crippen LogP contribution in [0.5, 0.6) is 0 Å². The highest BCUT2D eigenvalue weighted by Gasteiger charge is 2.12. The van der Waals surface area contributed by atoms with Crippen molar-refractivity contribution in [1.29, 1.82) is 0 Å². The van der Waals surface area contributed by atoms with Crippen LogP contribution in [0.3, 0.4) is 0 Å². The highest BCUT2D eigenvalue weighted by atomic mass is 15.3. The Kier molecular flexibility index (Phi) is 3.06. The van der Waals surface area contributed by atoms with E-state index >= 15 is 0 Å². The molecule has 0 aliphatic heterocycles. The van der Waals surface area contributed by atoms with Gasteiger partial charge in [0.1, 0.15) is 0 Å². The smallest absolute Gasteiger partial charge is 0.0540 e. The average Bonchev–Trinajstić information content (AvgIpc) is 2.31. The molecule has 0 aromatic carbocycles. The monoisotopic (exact) mass is 182 g/mol. The summed E-state index contributed by atoms with van der Waals surface area (Å²) in [6.07, 6.45) is 1.85. The molecule has 4 heteroatoms. The predicted octanol–water partition coefficient (Wildman–Crippen LogP) is 0.290. The minimum atomic E-state index is 0.0590. The lowest BCUT2D eigenvalue weighted by Crippen LogP contribution is -2.26. The predicted molar refractivity (Wildman–Crippen MR) is 53.4 cm³/mol.